The highest BCUT2D eigenvalue weighted by molar-refractivity contribution is 6.31. The first-order valence-corrected chi connectivity index (χ1v) is 6.07. The van der Waals surface area contributed by atoms with Crippen LogP contribution in [0, 0.1) is 0 Å². The summed E-state index contributed by atoms with van der Waals surface area (Å²) < 4.78 is 28.2. The summed E-state index contributed by atoms with van der Waals surface area (Å²) in [5.74, 6) is -0.255. The number of carbonyl (C=O) groups excluding carboxylic acids is 1. The molecule has 0 aliphatic rings. The average Bonchev–Trinajstić information content (AvgIpc) is 2.32. The highest BCUT2D eigenvalue weighted by Crippen LogP contribution is 2.22. The SMILES string of the molecule is Nc1cc(Cl)ccc1NC(=O)CCCOCC(F)F. The fourth-order valence-corrected chi connectivity index (χ4v) is 1.55. The molecular formula is C12H15ClF2N2O2. The molecule has 7 heteroatoms. The highest BCUT2D eigenvalue weighted by atomic mass is 35.5. The van der Waals surface area contributed by atoms with Crippen LogP contribution in [0.1, 0.15) is 12.8 Å². The van der Waals surface area contributed by atoms with Gasteiger partial charge in [-0.05, 0) is 24.6 Å². The number of anilines is 2. The Kier molecular flexibility index (Phi) is 6.52. The molecule has 0 atom stereocenters. The Morgan fingerprint density at radius 1 is 1.47 bits per heavy atom. The quantitative estimate of drug-likeness (QED) is 0.600. The van der Waals surface area contributed by atoms with Gasteiger partial charge in [0.1, 0.15) is 6.61 Å². The molecule has 0 saturated heterocycles. The average molecular weight is 293 g/mol. The molecule has 3 N–H and O–H groups in total. The summed E-state index contributed by atoms with van der Waals surface area (Å²) in [4.78, 5) is 11.5. The van der Waals surface area contributed by atoms with E-state index in [1.54, 1.807) is 12.1 Å². The van der Waals surface area contributed by atoms with Crippen molar-refractivity contribution in [3.05, 3.63) is 23.2 Å². The zero-order valence-corrected chi connectivity index (χ0v) is 10.9. The summed E-state index contributed by atoms with van der Waals surface area (Å²) in [6, 6.07) is 4.74. The Labute approximate surface area is 114 Å². The number of nitrogen functional groups attached to an aromatic ring is 1. The van der Waals surface area contributed by atoms with Gasteiger partial charge < -0.3 is 15.8 Å². The molecule has 0 aromatic heterocycles. The number of rotatable bonds is 7. The third kappa shape index (κ3) is 6.35. The Morgan fingerprint density at radius 2 is 2.21 bits per heavy atom. The van der Waals surface area contributed by atoms with E-state index in [2.05, 4.69) is 10.1 Å². The van der Waals surface area contributed by atoms with Crippen LogP contribution in [0.5, 0.6) is 0 Å². The number of halogens is 3. The normalized spacial score (nSPS) is 10.7. The number of amides is 1. The lowest BCUT2D eigenvalue weighted by Gasteiger charge is -2.08. The van der Waals surface area contributed by atoms with E-state index in [4.69, 9.17) is 17.3 Å². The number of alkyl halides is 2. The van der Waals surface area contributed by atoms with Crippen molar-refractivity contribution in [1.29, 1.82) is 0 Å². The third-order valence-corrected chi connectivity index (χ3v) is 2.46. The van der Waals surface area contributed by atoms with Gasteiger partial charge in [-0.15, -0.1) is 0 Å². The van der Waals surface area contributed by atoms with Crippen molar-refractivity contribution in [2.24, 2.45) is 0 Å². The maximum absolute atomic E-state index is 11.8. The topological polar surface area (TPSA) is 64.3 Å². The second-order valence-electron chi connectivity index (χ2n) is 3.85. The molecule has 1 aromatic rings. The van der Waals surface area contributed by atoms with Gasteiger partial charge in [0, 0.05) is 18.1 Å². The van der Waals surface area contributed by atoms with Gasteiger partial charge in [-0.3, -0.25) is 4.79 Å². The van der Waals surface area contributed by atoms with E-state index in [0.29, 0.717) is 22.8 Å². The van der Waals surface area contributed by atoms with Crippen LogP contribution in [0.25, 0.3) is 0 Å². The second-order valence-corrected chi connectivity index (χ2v) is 4.29. The van der Waals surface area contributed by atoms with Gasteiger partial charge in [0.25, 0.3) is 6.43 Å². The molecule has 0 radical (unpaired) electrons. The predicted octanol–water partition coefficient (Wildman–Crippen LogP) is 2.92. The highest BCUT2D eigenvalue weighted by Gasteiger charge is 2.06. The predicted molar refractivity (Wildman–Crippen MR) is 70.6 cm³/mol. The molecule has 106 valence electrons. The Bertz CT molecular complexity index is 430. The van der Waals surface area contributed by atoms with Crippen LogP contribution in [-0.4, -0.2) is 25.5 Å². The monoisotopic (exact) mass is 292 g/mol. The molecular weight excluding hydrogens is 278 g/mol. The molecule has 4 nitrogen and oxygen atoms in total. The molecule has 0 saturated carbocycles. The van der Waals surface area contributed by atoms with Gasteiger partial charge in [0.15, 0.2) is 0 Å². The number of hydrogen-bond acceptors (Lipinski definition) is 3. The summed E-state index contributed by atoms with van der Waals surface area (Å²) >= 11 is 5.73. The second kappa shape index (κ2) is 7.91. The Morgan fingerprint density at radius 3 is 2.84 bits per heavy atom. The van der Waals surface area contributed by atoms with Crippen molar-refractivity contribution in [1.82, 2.24) is 0 Å². The zero-order valence-electron chi connectivity index (χ0n) is 10.2. The largest absolute Gasteiger partial charge is 0.397 e. The first-order valence-electron chi connectivity index (χ1n) is 5.70. The lowest BCUT2D eigenvalue weighted by molar-refractivity contribution is -0.116. The summed E-state index contributed by atoms with van der Waals surface area (Å²) in [5.41, 5.74) is 6.52. The van der Waals surface area contributed by atoms with Gasteiger partial charge in [-0.1, -0.05) is 11.6 Å². The Balaban J connectivity index is 2.27. The van der Waals surface area contributed by atoms with E-state index in [9.17, 15) is 13.6 Å². The molecule has 0 aliphatic carbocycles. The maximum atomic E-state index is 11.8. The van der Waals surface area contributed by atoms with Crippen molar-refractivity contribution in [2.45, 2.75) is 19.3 Å². The van der Waals surface area contributed by atoms with E-state index in [0.717, 1.165) is 0 Å². The lowest BCUT2D eigenvalue weighted by Crippen LogP contribution is -2.14. The van der Waals surface area contributed by atoms with Crippen LogP contribution >= 0.6 is 11.6 Å². The van der Waals surface area contributed by atoms with Crippen molar-refractivity contribution < 1.29 is 18.3 Å². The minimum absolute atomic E-state index is 0.119. The first kappa shape index (κ1) is 15.7. The first-order chi connectivity index (χ1) is 8.99. The van der Waals surface area contributed by atoms with Crippen LogP contribution < -0.4 is 11.1 Å². The molecule has 19 heavy (non-hydrogen) atoms. The molecule has 1 rings (SSSR count). The van der Waals surface area contributed by atoms with Crippen molar-refractivity contribution >= 4 is 28.9 Å². The molecule has 0 spiro atoms. The van der Waals surface area contributed by atoms with Gasteiger partial charge in [-0.25, -0.2) is 8.78 Å². The minimum Gasteiger partial charge on any atom is -0.397 e. The molecule has 0 fully saturated rings. The molecule has 0 unspecified atom stereocenters. The van der Waals surface area contributed by atoms with Gasteiger partial charge in [0.2, 0.25) is 5.91 Å². The number of nitrogens with one attached hydrogen (secondary N) is 1. The van der Waals surface area contributed by atoms with Crippen molar-refractivity contribution in [3.63, 3.8) is 0 Å². The van der Waals surface area contributed by atoms with Crippen LogP contribution in [-0.2, 0) is 9.53 Å². The molecule has 0 heterocycles. The summed E-state index contributed by atoms with van der Waals surface area (Å²) in [7, 11) is 0. The summed E-state index contributed by atoms with van der Waals surface area (Å²) in [5, 5.41) is 3.09. The summed E-state index contributed by atoms with van der Waals surface area (Å²) in [6.45, 7) is -0.486. The number of carbonyl (C=O) groups is 1. The van der Waals surface area contributed by atoms with Gasteiger partial charge >= 0.3 is 0 Å². The van der Waals surface area contributed by atoms with Crippen LogP contribution in [0.3, 0.4) is 0 Å². The third-order valence-electron chi connectivity index (χ3n) is 2.22. The molecule has 1 amide bonds. The van der Waals surface area contributed by atoms with Crippen LogP contribution in [0.4, 0.5) is 20.2 Å². The van der Waals surface area contributed by atoms with E-state index in [1.807, 2.05) is 0 Å². The van der Waals surface area contributed by atoms with Crippen molar-refractivity contribution in [3.8, 4) is 0 Å². The Hall–Kier alpha value is -1.40. The standard InChI is InChI=1S/C12H15ClF2N2O2/c13-8-3-4-10(9(16)6-8)17-12(18)2-1-5-19-7-11(14)15/h3-4,6,11H,1-2,5,7,16H2,(H,17,18). The van der Waals surface area contributed by atoms with Gasteiger partial charge in [0.05, 0.1) is 11.4 Å². The summed E-state index contributed by atoms with van der Waals surface area (Å²) in [6.07, 6.45) is -1.94. The molecule has 0 bridgehead atoms. The van der Waals surface area contributed by atoms with E-state index < -0.39 is 13.0 Å². The maximum Gasteiger partial charge on any atom is 0.261 e. The van der Waals surface area contributed by atoms with Crippen LogP contribution in [0.2, 0.25) is 5.02 Å². The van der Waals surface area contributed by atoms with E-state index in [-0.39, 0.29) is 18.9 Å². The van der Waals surface area contributed by atoms with Crippen molar-refractivity contribution in [2.75, 3.05) is 24.3 Å². The minimum atomic E-state index is -2.48. The molecule has 1 aromatic carbocycles. The smallest absolute Gasteiger partial charge is 0.261 e. The fraction of sp³-hybridized carbons (Fsp3) is 0.417. The lowest BCUT2D eigenvalue weighted by atomic mass is 10.2. The van der Waals surface area contributed by atoms with E-state index in [1.165, 1.54) is 6.07 Å². The van der Waals surface area contributed by atoms with Gasteiger partial charge in [-0.2, -0.15) is 0 Å². The number of benzene rings is 1. The van der Waals surface area contributed by atoms with E-state index >= 15 is 0 Å². The number of nitrogens with two attached hydrogens (primary N) is 1. The fourth-order valence-electron chi connectivity index (χ4n) is 1.37. The number of hydrogen-bond donors (Lipinski definition) is 2. The molecule has 0 aliphatic heterocycles. The van der Waals surface area contributed by atoms with Crippen LogP contribution in [0.15, 0.2) is 18.2 Å². The zero-order chi connectivity index (χ0) is 14.3. The number of ether oxygens (including phenoxy) is 1.